The summed E-state index contributed by atoms with van der Waals surface area (Å²) in [6.45, 7) is 0. The lowest BCUT2D eigenvalue weighted by Gasteiger charge is -2.04. The van der Waals surface area contributed by atoms with E-state index in [4.69, 9.17) is 28.4 Å². The molecule has 6 heteroatoms. The van der Waals surface area contributed by atoms with Gasteiger partial charge in [0.05, 0.1) is 0 Å². The molecule has 70 valence electrons. The number of hydrogen-bond donors (Lipinski definition) is 3. The van der Waals surface area contributed by atoms with Gasteiger partial charge >= 0.3 is 6.03 Å². The molecule has 0 bridgehead atoms. The predicted molar refractivity (Wildman–Crippen MR) is 50.4 cm³/mol. The van der Waals surface area contributed by atoms with Gasteiger partial charge in [-0.25, -0.2) is 10.3 Å². The van der Waals surface area contributed by atoms with Gasteiger partial charge in [-0.3, -0.25) is 5.21 Å². The van der Waals surface area contributed by atoms with E-state index in [1.807, 2.05) is 0 Å². The molecule has 0 aliphatic rings. The van der Waals surface area contributed by atoms with Crippen molar-refractivity contribution in [3.05, 3.63) is 28.2 Å². The van der Waals surface area contributed by atoms with Crippen LogP contribution < -0.4 is 10.8 Å². The standard InChI is InChI=1S/C7H6Cl2N2O2/c8-4-1-5(9)3-6(2-4)10-7(12)11-13/h1-3,13H,(H2,10,11,12). The Morgan fingerprint density at radius 1 is 1.23 bits per heavy atom. The molecule has 2 amide bonds. The molecule has 1 aromatic carbocycles. The first-order chi connectivity index (χ1) is 6.11. The van der Waals surface area contributed by atoms with Crippen molar-refractivity contribution >= 4 is 34.9 Å². The fourth-order valence-corrected chi connectivity index (χ4v) is 1.31. The van der Waals surface area contributed by atoms with Gasteiger partial charge in [0, 0.05) is 15.7 Å². The number of amides is 2. The average Bonchev–Trinajstić information content (AvgIpc) is 2.02. The van der Waals surface area contributed by atoms with Crippen molar-refractivity contribution in [1.29, 1.82) is 0 Å². The Morgan fingerprint density at radius 3 is 2.23 bits per heavy atom. The Bertz CT molecular complexity index is 310. The van der Waals surface area contributed by atoms with Gasteiger partial charge in [-0.2, -0.15) is 0 Å². The van der Waals surface area contributed by atoms with Crippen LogP contribution in [-0.4, -0.2) is 11.2 Å². The molecular formula is C7H6Cl2N2O2. The second-order valence-corrected chi connectivity index (χ2v) is 3.10. The number of halogens is 2. The summed E-state index contributed by atoms with van der Waals surface area (Å²) in [5.74, 6) is 0. The summed E-state index contributed by atoms with van der Waals surface area (Å²) < 4.78 is 0. The highest BCUT2D eigenvalue weighted by molar-refractivity contribution is 6.35. The van der Waals surface area contributed by atoms with Crippen LogP contribution in [-0.2, 0) is 0 Å². The summed E-state index contributed by atoms with van der Waals surface area (Å²) in [6, 6.07) is 3.79. The van der Waals surface area contributed by atoms with Crippen molar-refractivity contribution in [1.82, 2.24) is 5.48 Å². The van der Waals surface area contributed by atoms with Gasteiger partial charge in [-0.05, 0) is 18.2 Å². The van der Waals surface area contributed by atoms with Crippen LogP contribution in [0.5, 0.6) is 0 Å². The maximum Gasteiger partial charge on any atom is 0.342 e. The van der Waals surface area contributed by atoms with E-state index in [1.54, 1.807) is 0 Å². The quantitative estimate of drug-likeness (QED) is 0.504. The van der Waals surface area contributed by atoms with E-state index in [0.717, 1.165) is 0 Å². The molecule has 0 heterocycles. The Hall–Kier alpha value is -0.970. The summed E-state index contributed by atoms with van der Waals surface area (Å²) >= 11 is 11.3. The number of hydrogen-bond acceptors (Lipinski definition) is 2. The zero-order valence-electron chi connectivity index (χ0n) is 6.34. The lowest BCUT2D eigenvalue weighted by atomic mass is 10.3. The Kier molecular flexibility index (Phi) is 3.36. The molecule has 1 aromatic rings. The molecule has 0 aliphatic carbocycles. The fraction of sp³-hybridized carbons (Fsp3) is 0. The van der Waals surface area contributed by atoms with Crippen LogP contribution in [0, 0.1) is 0 Å². The highest BCUT2D eigenvalue weighted by Gasteiger charge is 2.01. The Morgan fingerprint density at radius 2 is 1.77 bits per heavy atom. The first kappa shape index (κ1) is 10.1. The van der Waals surface area contributed by atoms with Crippen molar-refractivity contribution in [2.24, 2.45) is 0 Å². The zero-order valence-corrected chi connectivity index (χ0v) is 7.86. The molecule has 0 radical (unpaired) electrons. The summed E-state index contributed by atoms with van der Waals surface area (Å²) in [6.07, 6.45) is 0. The molecular weight excluding hydrogens is 215 g/mol. The fourth-order valence-electron chi connectivity index (χ4n) is 0.785. The second-order valence-electron chi connectivity index (χ2n) is 2.22. The van der Waals surface area contributed by atoms with Gasteiger partial charge in [0.2, 0.25) is 0 Å². The van der Waals surface area contributed by atoms with E-state index in [9.17, 15) is 4.79 Å². The van der Waals surface area contributed by atoms with Crippen molar-refractivity contribution in [2.45, 2.75) is 0 Å². The number of rotatable bonds is 1. The first-order valence-corrected chi connectivity index (χ1v) is 4.04. The van der Waals surface area contributed by atoms with Gasteiger partial charge < -0.3 is 5.32 Å². The molecule has 0 atom stereocenters. The number of carbonyl (C=O) groups excluding carboxylic acids is 1. The molecule has 0 unspecified atom stereocenters. The summed E-state index contributed by atoms with van der Waals surface area (Å²) in [4.78, 5) is 10.6. The normalized spacial score (nSPS) is 9.46. The second kappa shape index (κ2) is 4.32. The topological polar surface area (TPSA) is 61.4 Å². The summed E-state index contributed by atoms with van der Waals surface area (Å²) in [5.41, 5.74) is 1.82. The van der Waals surface area contributed by atoms with Crippen molar-refractivity contribution in [3.8, 4) is 0 Å². The molecule has 0 saturated carbocycles. The van der Waals surface area contributed by atoms with E-state index in [1.165, 1.54) is 23.7 Å². The van der Waals surface area contributed by atoms with Crippen LogP contribution in [0.4, 0.5) is 10.5 Å². The summed E-state index contributed by atoms with van der Waals surface area (Å²) in [5, 5.41) is 11.3. The number of anilines is 1. The first-order valence-electron chi connectivity index (χ1n) is 3.29. The van der Waals surface area contributed by atoms with Crippen molar-refractivity contribution in [3.63, 3.8) is 0 Å². The van der Waals surface area contributed by atoms with Gasteiger partial charge in [-0.15, -0.1) is 0 Å². The zero-order chi connectivity index (χ0) is 9.84. The predicted octanol–water partition coefficient (Wildman–Crippen LogP) is 2.50. The minimum absolute atomic E-state index is 0.403. The lowest BCUT2D eigenvalue weighted by Crippen LogP contribution is -2.24. The van der Waals surface area contributed by atoms with Gasteiger partial charge in [0.15, 0.2) is 0 Å². The molecule has 0 spiro atoms. The molecule has 3 N–H and O–H groups in total. The minimum Gasteiger partial charge on any atom is -0.306 e. The molecule has 0 saturated heterocycles. The highest BCUT2D eigenvalue weighted by atomic mass is 35.5. The van der Waals surface area contributed by atoms with Crippen LogP contribution in [0.15, 0.2) is 18.2 Å². The van der Waals surface area contributed by atoms with Crippen molar-refractivity contribution in [2.75, 3.05) is 5.32 Å². The number of urea groups is 1. The third-order valence-electron chi connectivity index (χ3n) is 1.22. The SMILES string of the molecule is O=C(NO)Nc1cc(Cl)cc(Cl)c1. The van der Waals surface area contributed by atoms with Crippen LogP contribution in [0.25, 0.3) is 0 Å². The van der Waals surface area contributed by atoms with Crippen LogP contribution in [0.3, 0.4) is 0 Å². The number of benzene rings is 1. The maximum absolute atomic E-state index is 10.6. The van der Waals surface area contributed by atoms with E-state index in [-0.39, 0.29) is 0 Å². The average molecular weight is 221 g/mol. The van der Waals surface area contributed by atoms with Gasteiger partial charge in [0.25, 0.3) is 0 Å². The van der Waals surface area contributed by atoms with E-state index in [0.29, 0.717) is 15.7 Å². The molecule has 4 nitrogen and oxygen atoms in total. The third kappa shape index (κ3) is 3.10. The minimum atomic E-state index is -0.752. The Labute approximate surface area is 84.4 Å². The van der Waals surface area contributed by atoms with Crippen molar-refractivity contribution < 1.29 is 10.0 Å². The van der Waals surface area contributed by atoms with E-state index in [2.05, 4.69) is 5.32 Å². The molecule has 0 aromatic heterocycles. The number of nitrogens with one attached hydrogen (secondary N) is 2. The van der Waals surface area contributed by atoms with E-state index < -0.39 is 6.03 Å². The van der Waals surface area contributed by atoms with Gasteiger partial charge in [-0.1, -0.05) is 23.2 Å². The van der Waals surface area contributed by atoms with Crippen LogP contribution >= 0.6 is 23.2 Å². The number of carbonyl (C=O) groups is 1. The number of hydroxylamine groups is 1. The highest BCUT2D eigenvalue weighted by Crippen LogP contribution is 2.22. The Balaban J connectivity index is 2.83. The smallest absolute Gasteiger partial charge is 0.306 e. The lowest BCUT2D eigenvalue weighted by molar-refractivity contribution is 0.172. The monoisotopic (exact) mass is 220 g/mol. The van der Waals surface area contributed by atoms with E-state index >= 15 is 0 Å². The van der Waals surface area contributed by atoms with Crippen LogP contribution in [0.2, 0.25) is 10.0 Å². The van der Waals surface area contributed by atoms with Crippen LogP contribution in [0.1, 0.15) is 0 Å². The largest absolute Gasteiger partial charge is 0.342 e. The third-order valence-corrected chi connectivity index (χ3v) is 1.66. The molecule has 1 rings (SSSR count). The molecule has 0 fully saturated rings. The molecule has 13 heavy (non-hydrogen) atoms. The van der Waals surface area contributed by atoms with Gasteiger partial charge in [0.1, 0.15) is 0 Å². The molecule has 0 aliphatic heterocycles. The summed E-state index contributed by atoms with van der Waals surface area (Å²) in [7, 11) is 0. The maximum atomic E-state index is 10.6.